The minimum Gasteiger partial charge on any atom is -0.337 e. The van der Waals surface area contributed by atoms with E-state index in [2.05, 4.69) is 16.1 Å². The van der Waals surface area contributed by atoms with E-state index in [-0.39, 0.29) is 11.5 Å². The van der Waals surface area contributed by atoms with Crippen LogP contribution in [0.1, 0.15) is 12.5 Å². The molecule has 36 heavy (non-hydrogen) atoms. The molecule has 0 radical (unpaired) electrons. The fourth-order valence-electron chi connectivity index (χ4n) is 4.48. The number of fused-ring (bicyclic) bond motifs is 1. The highest BCUT2D eigenvalue weighted by atomic mass is 32.2. The van der Waals surface area contributed by atoms with Crippen LogP contribution in [0.5, 0.6) is 0 Å². The van der Waals surface area contributed by atoms with Gasteiger partial charge in [-0.1, -0.05) is 54.2 Å². The van der Waals surface area contributed by atoms with Gasteiger partial charge in [-0.2, -0.15) is 10.1 Å². The van der Waals surface area contributed by atoms with Crippen LogP contribution in [0.15, 0.2) is 93.7 Å². The lowest BCUT2D eigenvalue weighted by molar-refractivity contribution is -0.112. The molecule has 4 aromatic rings. The Bertz CT molecular complexity index is 1750. The molecule has 0 unspecified atom stereocenters. The first-order valence-electron chi connectivity index (χ1n) is 11.5. The third-order valence-electron chi connectivity index (χ3n) is 6.22. The predicted molar refractivity (Wildman–Crippen MR) is 148 cm³/mol. The van der Waals surface area contributed by atoms with Gasteiger partial charge in [0.15, 0.2) is 0 Å². The topological polar surface area (TPSA) is 57.9 Å². The molecular weight excluding hydrogens is 488 g/mol. The van der Waals surface area contributed by atoms with Crippen LogP contribution in [-0.2, 0) is 4.79 Å². The van der Waals surface area contributed by atoms with E-state index in [9.17, 15) is 9.59 Å². The van der Waals surface area contributed by atoms with Crippen LogP contribution in [0.2, 0.25) is 0 Å². The Labute approximate surface area is 216 Å². The number of carbonyl (C=O) groups is 1. The number of benzene rings is 3. The molecule has 3 aromatic carbocycles. The minimum atomic E-state index is -0.242. The summed E-state index contributed by atoms with van der Waals surface area (Å²) in [7, 11) is 1.97. The Morgan fingerprint density at radius 3 is 2.31 bits per heavy atom. The molecule has 6 nitrogen and oxygen atoms in total. The smallest absolute Gasteiger partial charge is 0.283 e. The molecule has 1 amide bonds. The second-order valence-corrected chi connectivity index (χ2v) is 10.7. The maximum atomic E-state index is 14.0. The van der Waals surface area contributed by atoms with E-state index in [0.29, 0.717) is 26.2 Å². The first-order valence-corrected chi connectivity index (χ1v) is 13.1. The van der Waals surface area contributed by atoms with Gasteiger partial charge in [-0.25, -0.2) is 0 Å². The lowest BCUT2D eigenvalue weighted by atomic mass is 10.2. The molecule has 6 rings (SSSR count). The maximum absolute atomic E-state index is 14.0. The van der Waals surface area contributed by atoms with Crippen molar-refractivity contribution in [3.63, 3.8) is 0 Å². The summed E-state index contributed by atoms with van der Waals surface area (Å²) in [5.41, 5.74) is 4.39. The normalized spacial score (nSPS) is 18.1. The summed E-state index contributed by atoms with van der Waals surface area (Å²) in [6.07, 6.45) is 0. The molecule has 3 heterocycles. The third-order valence-corrected chi connectivity index (χ3v) is 8.74. The Balaban J connectivity index is 1.66. The van der Waals surface area contributed by atoms with Gasteiger partial charge in [0, 0.05) is 11.9 Å². The molecule has 0 aliphatic carbocycles. The number of amides is 1. The molecule has 0 saturated carbocycles. The number of aromatic nitrogens is 1. The SMILES string of the molecule is CC1=NN(c2ccccc2)C(=O)/C1=c1\s/c(=C2\Sc3ccccc3N2C)c(=O)n1-c1cccc(C)c1. The molecule has 0 bridgehead atoms. The van der Waals surface area contributed by atoms with Gasteiger partial charge in [0.05, 0.1) is 28.3 Å². The highest BCUT2D eigenvalue weighted by Gasteiger charge is 2.32. The summed E-state index contributed by atoms with van der Waals surface area (Å²) >= 11 is 2.92. The number of rotatable bonds is 2. The fraction of sp³-hybridized carbons (Fsp3) is 0.107. The molecular formula is C28H22N4O2S2. The standard InChI is InChI=1S/C28H22N4O2S2/c1-17-10-9-13-20(16-17)31-26(34)24(28-30(3)21-14-7-8-15-22(21)35-28)36-27(31)23-18(2)29-32(25(23)33)19-11-5-4-6-12-19/h4-16H,1-3H3/b27-23-,28-24-. The summed E-state index contributed by atoms with van der Waals surface area (Å²) in [5, 5.41) is 6.84. The average molecular weight is 511 g/mol. The zero-order chi connectivity index (χ0) is 25.0. The van der Waals surface area contributed by atoms with Gasteiger partial charge >= 0.3 is 0 Å². The van der Waals surface area contributed by atoms with E-state index >= 15 is 0 Å². The number of carbonyl (C=O) groups excluding carboxylic acids is 1. The minimum absolute atomic E-state index is 0.144. The quantitative estimate of drug-likeness (QED) is 0.408. The molecule has 0 saturated heterocycles. The Morgan fingerprint density at radius 1 is 0.833 bits per heavy atom. The molecule has 0 fully saturated rings. The largest absolute Gasteiger partial charge is 0.337 e. The van der Waals surface area contributed by atoms with Crippen molar-refractivity contribution in [2.24, 2.45) is 5.10 Å². The Hall–Kier alpha value is -3.88. The molecule has 2 aliphatic rings. The molecule has 0 N–H and O–H groups in total. The predicted octanol–water partition coefficient (Wildman–Crippen LogP) is 4.09. The molecule has 178 valence electrons. The van der Waals surface area contributed by atoms with Gasteiger partial charge in [-0.15, -0.1) is 11.3 Å². The van der Waals surface area contributed by atoms with Crippen LogP contribution in [-0.4, -0.2) is 23.2 Å². The number of thiazole rings is 1. The lowest BCUT2D eigenvalue weighted by Crippen LogP contribution is -2.34. The second kappa shape index (κ2) is 8.65. The number of para-hydroxylation sites is 2. The zero-order valence-corrected chi connectivity index (χ0v) is 21.6. The number of nitrogens with zero attached hydrogens (tertiary/aromatic N) is 4. The van der Waals surface area contributed by atoms with Crippen LogP contribution < -0.4 is 24.7 Å². The van der Waals surface area contributed by atoms with Crippen molar-refractivity contribution in [2.75, 3.05) is 17.0 Å². The van der Waals surface area contributed by atoms with Crippen molar-refractivity contribution in [3.8, 4) is 5.69 Å². The summed E-state index contributed by atoms with van der Waals surface area (Å²) in [4.78, 5) is 30.9. The van der Waals surface area contributed by atoms with Gasteiger partial charge in [-0.3, -0.25) is 14.2 Å². The first kappa shape index (κ1) is 22.6. The number of hydrazone groups is 1. The van der Waals surface area contributed by atoms with Gasteiger partial charge in [0.1, 0.15) is 14.2 Å². The summed E-state index contributed by atoms with van der Waals surface area (Å²) in [5.74, 6) is -0.242. The highest BCUT2D eigenvalue weighted by Crippen LogP contribution is 2.45. The van der Waals surface area contributed by atoms with Gasteiger partial charge in [-0.05, 0) is 55.8 Å². The lowest BCUT2D eigenvalue weighted by Gasteiger charge is -2.11. The van der Waals surface area contributed by atoms with E-state index in [1.807, 2.05) is 93.7 Å². The van der Waals surface area contributed by atoms with Crippen LogP contribution in [0.4, 0.5) is 11.4 Å². The van der Waals surface area contributed by atoms with E-state index < -0.39 is 0 Å². The molecule has 8 heteroatoms. The van der Waals surface area contributed by atoms with Crippen molar-refractivity contribution >= 4 is 56.7 Å². The summed E-state index contributed by atoms with van der Waals surface area (Å²) in [6.45, 7) is 3.81. The van der Waals surface area contributed by atoms with Crippen molar-refractivity contribution in [3.05, 3.63) is 104 Å². The van der Waals surface area contributed by atoms with Crippen LogP contribution in [0.25, 0.3) is 16.3 Å². The Morgan fingerprint density at radius 2 is 1.56 bits per heavy atom. The number of thioether (sulfide) groups is 1. The van der Waals surface area contributed by atoms with Crippen molar-refractivity contribution in [2.45, 2.75) is 18.7 Å². The average Bonchev–Trinajstić information content (AvgIpc) is 3.50. The maximum Gasteiger partial charge on any atom is 0.283 e. The number of aryl methyl sites for hydroxylation is 1. The molecule has 2 aliphatic heterocycles. The van der Waals surface area contributed by atoms with Crippen LogP contribution in [0, 0.1) is 6.92 Å². The molecule has 0 atom stereocenters. The molecule has 0 spiro atoms. The van der Waals surface area contributed by atoms with Gasteiger partial charge in [0.25, 0.3) is 11.5 Å². The van der Waals surface area contributed by atoms with E-state index in [1.165, 1.54) is 16.3 Å². The second-order valence-electron chi connectivity index (χ2n) is 8.66. The summed E-state index contributed by atoms with van der Waals surface area (Å²) in [6, 6.07) is 25.2. The Kier molecular flexibility index (Phi) is 5.43. The fourth-order valence-corrected chi connectivity index (χ4v) is 7.02. The van der Waals surface area contributed by atoms with Gasteiger partial charge < -0.3 is 4.90 Å². The first-order chi connectivity index (χ1) is 17.4. The van der Waals surface area contributed by atoms with E-state index in [1.54, 1.807) is 16.3 Å². The third kappa shape index (κ3) is 3.53. The highest BCUT2D eigenvalue weighted by molar-refractivity contribution is 8.08. The zero-order valence-electron chi connectivity index (χ0n) is 19.9. The van der Waals surface area contributed by atoms with Crippen molar-refractivity contribution in [1.29, 1.82) is 0 Å². The summed E-state index contributed by atoms with van der Waals surface area (Å²) < 4.78 is 2.85. The van der Waals surface area contributed by atoms with Crippen molar-refractivity contribution < 1.29 is 4.79 Å². The number of hydrogen-bond acceptors (Lipinski definition) is 6. The number of hydrogen-bond donors (Lipinski definition) is 0. The number of anilines is 2. The molecule has 1 aromatic heterocycles. The van der Waals surface area contributed by atoms with E-state index in [0.717, 1.165) is 26.9 Å². The van der Waals surface area contributed by atoms with Crippen LogP contribution >= 0.6 is 23.1 Å². The van der Waals surface area contributed by atoms with Crippen LogP contribution in [0.3, 0.4) is 0 Å². The monoisotopic (exact) mass is 510 g/mol. The van der Waals surface area contributed by atoms with Crippen molar-refractivity contribution in [1.82, 2.24) is 4.57 Å². The van der Waals surface area contributed by atoms with E-state index in [4.69, 9.17) is 0 Å². The van der Waals surface area contributed by atoms with Gasteiger partial charge in [0.2, 0.25) is 0 Å².